The summed E-state index contributed by atoms with van der Waals surface area (Å²) in [5.41, 5.74) is 2.88. The van der Waals surface area contributed by atoms with Crippen molar-refractivity contribution in [3.63, 3.8) is 0 Å². The van der Waals surface area contributed by atoms with E-state index in [1.165, 1.54) is 30.6 Å². The number of anilines is 2. The predicted molar refractivity (Wildman–Crippen MR) is 142 cm³/mol. The molecule has 1 N–H and O–H groups in total. The van der Waals surface area contributed by atoms with Crippen LogP contribution in [0.3, 0.4) is 0 Å². The minimum absolute atomic E-state index is 0.677. The van der Waals surface area contributed by atoms with Crippen LogP contribution in [0.25, 0.3) is 0 Å². The maximum absolute atomic E-state index is 10.7. The summed E-state index contributed by atoms with van der Waals surface area (Å²) in [5, 5.41) is 0. The summed E-state index contributed by atoms with van der Waals surface area (Å²) in [5.74, 6) is 1.81. The average molecular weight is 480 g/mol. The number of ether oxygens (including phenoxy) is 2. The zero-order valence-corrected chi connectivity index (χ0v) is 20.9. The molecule has 0 aromatic heterocycles. The number of hydrogen-bond acceptors (Lipinski definition) is 7. The van der Waals surface area contributed by atoms with Gasteiger partial charge >= 0.3 is 0 Å². The number of benzene rings is 3. The zero-order chi connectivity index (χ0) is 24.2. The molecule has 1 saturated heterocycles. The summed E-state index contributed by atoms with van der Waals surface area (Å²) in [6.07, 6.45) is 2.06. The maximum atomic E-state index is 10.7. The SMILES string of the molecule is COc1ccc(NSc2cccc(C=O)c2)cc1.COc1ccccc1N1CCCN(C)CC1. The Balaban J connectivity index is 0.000000192. The van der Waals surface area contributed by atoms with Crippen LogP contribution in [0, 0.1) is 0 Å². The molecular formula is C27H33N3O3S. The Morgan fingerprint density at radius 1 is 0.882 bits per heavy atom. The number of carbonyl (C=O) groups excluding carboxylic acids is 1. The third kappa shape index (κ3) is 7.71. The van der Waals surface area contributed by atoms with Gasteiger partial charge in [0, 0.05) is 35.8 Å². The molecule has 0 amide bonds. The molecule has 3 aromatic rings. The minimum Gasteiger partial charge on any atom is -0.497 e. The van der Waals surface area contributed by atoms with Crippen molar-refractivity contribution in [3.8, 4) is 11.5 Å². The summed E-state index contributed by atoms with van der Waals surface area (Å²) in [6, 6.07) is 23.4. The van der Waals surface area contributed by atoms with Crippen molar-refractivity contribution in [2.45, 2.75) is 11.3 Å². The van der Waals surface area contributed by atoms with E-state index in [4.69, 9.17) is 9.47 Å². The molecular weight excluding hydrogens is 446 g/mol. The number of aldehydes is 1. The Morgan fingerprint density at radius 3 is 2.41 bits per heavy atom. The predicted octanol–water partition coefficient (Wildman–Crippen LogP) is 5.46. The standard InChI is InChI=1S/C14H13NO2S.C13H20N2O/c1-17-13-7-5-12(6-8-13)15-18-14-4-2-3-11(9-14)10-16;1-14-8-5-9-15(11-10-14)12-6-3-4-7-13(12)16-2/h2-10,15H,1H3;3-4,6-7H,5,8-11H2,1-2H3. The molecule has 0 spiro atoms. The fourth-order valence-electron chi connectivity index (χ4n) is 3.61. The van der Waals surface area contributed by atoms with Crippen molar-refractivity contribution in [1.82, 2.24) is 4.90 Å². The fourth-order valence-corrected chi connectivity index (χ4v) is 4.32. The van der Waals surface area contributed by atoms with Gasteiger partial charge in [-0.1, -0.05) is 24.3 Å². The molecule has 0 radical (unpaired) electrons. The average Bonchev–Trinajstić information content (AvgIpc) is 3.12. The molecule has 6 nitrogen and oxygen atoms in total. The summed E-state index contributed by atoms with van der Waals surface area (Å²) < 4.78 is 13.7. The molecule has 0 aliphatic carbocycles. The first kappa shape index (κ1) is 25.5. The highest BCUT2D eigenvalue weighted by atomic mass is 32.2. The largest absolute Gasteiger partial charge is 0.497 e. The van der Waals surface area contributed by atoms with E-state index in [0.29, 0.717) is 5.56 Å². The van der Waals surface area contributed by atoms with Crippen molar-refractivity contribution in [3.05, 3.63) is 78.4 Å². The summed E-state index contributed by atoms with van der Waals surface area (Å²) in [4.78, 5) is 16.5. The lowest BCUT2D eigenvalue weighted by molar-refractivity contribution is 0.112. The number of nitrogens with zero attached hydrogens (tertiary/aromatic N) is 2. The summed E-state index contributed by atoms with van der Waals surface area (Å²) >= 11 is 1.47. The van der Waals surface area contributed by atoms with Crippen LogP contribution in [0.1, 0.15) is 16.8 Å². The van der Waals surface area contributed by atoms with E-state index < -0.39 is 0 Å². The molecule has 34 heavy (non-hydrogen) atoms. The minimum atomic E-state index is 0.677. The van der Waals surface area contributed by atoms with Crippen LogP contribution in [-0.4, -0.2) is 58.6 Å². The van der Waals surface area contributed by atoms with E-state index >= 15 is 0 Å². The summed E-state index contributed by atoms with van der Waals surface area (Å²) in [6.45, 7) is 4.51. The smallest absolute Gasteiger partial charge is 0.150 e. The van der Waals surface area contributed by atoms with Gasteiger partial charge < -0.3 is 24.0 Å². The lowest BCUT2D eigenvalue weighted by Crippen LogP contribution is -2.28. The lowest BCUT2D eigenvalue weighted by atomic mass is 10.2. The van der Waals surface area contributed by atoms with E-state index in [0.717, 1.165) is 48.0 Å². The first-order valence-corrected chi connectivity index (χ1v) is 12.1. The van der Waals surface area contributed by atoms with Crippen LogP contribution >= 0.6 is 11.9 Å². The second-order valence-electron chi connectivity index (χ2n) is 7.94. The molecule has 3 aromatic carbocycles. The van der Waals surface area contributed by atoms with E-state index in [1.54, 1.807) is 20.3 Å². The number of para-hydroxylation sites is 2. The molecule has 0 unspecified atom stereocenters. The fraction of sp³-hybridized carbons (Fsp3) is 0.296. The second kappa shape index (κ2) is 13.5. The monoisotopic (exact) mass is 479 g/mol. The third-order valence-electron chi connectivity index (χ3n) is 5.52. The Hall–Kier alpha value is -3.16. The van der Waals surface area contributed by atoms with Crippen LogP contribution in [-0.2, 0) is 0 Å². The van der Waals surface area contributed by atoms with E-state index in [-0.39, 0.29) is 0 Å². The highest BCUT2D eigenvalue weighted by molar-refractivity contribution is 8.00. The van der Waals surface area contributed by atoms with Crippen LogP contribution in [0.2, 0.25) is 0 Å². The second-order valence-corrected chi connectivity index (χ2v) is 8.82. The van der Waals surface area contributed by atoms with Gasteiger partial charge in [0.25, 0.3) is 0 Å². The first-order valence-electron chi connectivity index (χ1n) is 11.3. The number of hydrogen-bond donors (Lipinski definition) is 1. The molecule has 7 heteroatoms. The molecule has 1 fully saturated rings. The highest BCUT2D eigenvalue weighted by Crippen LogP contribution is 2.28. The maximum Gasteiger partial charge on any atom is 0.150 e. The van der Waals surface area contributed by atoms with Gasteiger partial charge in [0.05, 0.1) is 19.9 Å². The van der Waals surface area contributed by atoms with Gasteiger partial charge in [0.1, 0.15) is 17.8 Å². The van der Waals surface area contributed by atoms with E-state index in [1.807, 2.05) is 54.6 Å². The van der Waals surface area contributed by atoms with Crippen molar-refractivity contribution in [1.29, 1.82) is 0 Å². The van der Waals surface area contributed by atoms with Gasteiger partial charge in [-0.2, -0.15) is 0 Å². The molecule has 1 aliphatic rings. The Morgan fingerprint density at radius 2 is 1.68 bits per heavy atom. The number of methoxy groups -OCH3 is 2. The summed E-state index contributed by atoms with van der Waals surface area (Å²) in [7, 11) is 5.57. The quantitative estimate of drug-likeness (QED) is 0.356. The third-order valence-corrected chi connectivity index (χ3v) is 6.34. The van der Waals surface area contributed by atoms with Gasteiger partial charge in [0.15, 0.2) is 0 Å². The Bertz CT molecular complexity index is 1030. The number of nitrogens with one attached hydrogen (secondary N) is 1. The van der Waals surface area contributed by atoms with Gasteiger partial charge in [-0.3, -0.25) is 4.79 Å². The lowest BCUT2D eigenvalue weighted by Gasteiger charge is -2.24. The van der Waals surface area contributed by atoms with Crippen LogP contribution in [0.15, 0.2) is 77.7 Å². The van der Waals surface area contributed by atoms with Gasteiger partial charge in [0.2, 0.25) is 0 Å². The van der Waals surface area contributed by atoms with Gasteiger partial charge in [-0.15, -0.1) is 0 Å². The molecule has 1 aliphatic heterocycles. The molecule has 1 heterocycles. The van der Waals surface area contributed by atoms with Gasteiger partial charge in [-0.25, -0.2) is 0 Å². The van der Waals surface area contributed by atoms with Crippen molar-refractivity contribution < 1.29 is 14.3 Å². The van der Waals surface area contributed by atoms with Gasteiger partial charge in [-0.05, 0) is 80.5 Å². The molecule has 0 bridgehead atoms. The van der Waals surface area contributed by atoms with Crippen LogP contribution in [0.5, 0.6) is 11.5 Å². The van der Waals surface area contributed by atoms with Crippen LogP contribution in [0.4, 0.5) is 11.4 Å². The zero-order valence-electron chi connectivity index (χ0n) is 20.1. The van der Waals surface area contributed by atoms with Crippen molar-refractivity contribution in [2.24, 2.45) is 0 Å². The topological polar surface area (TPSA) is 54.0 Å². The van der Waals surface area contributed by atoms with Crippen molar-refractivity contribution >= 4 is 29.6 Å². The van der Waals surface area contributed by atoms with E-state index in [9.17, 15) is 4.79 Å². The van der Waals surface area contributed by atoms with E-state index in [2.05, 4.69) is 33.7 Å². The Labute approximate surface area is 207 Å². The molecule has 0 saturated carbocycles. The number of likely N-dealkylation sites (N-methyl/N-ethyl adjacent to an activating group) is 1. The normalized spacial score (nSPS) is 13.8. The highest BCUT2D eigenvalue weighted by Gasteiger charge is 2.15. The van der Waals surface area contributed by atoms with Crippen LogP contribution < -0.4 is 19.1 Å². The molecule has 4 rings (SSSR count). The van der Waals surface area contributed by atoms with Crippen molar-refractivity contribution in [2.75, 3.05) is 57.1 Å². The number of rotatable bonds is 7. The molecule has 180 valence electrons. The number of carbonyl (C=O) groups is 1. The molecule has 0 atom stereocenters. The Kier molecular flexibility index (Phi) is 10.1. The first-order chi connectivity index (χ1) is 16.6.